The molecular weight excluding hydrogens is 236 g/mol. The molecule has 2 bridgehead atoms. The number of rotatable bonds is 2. The minimum atomic E-state index is 0.709. The average Bonchev–Trinajstić information content (AvgIpc) is 2.45. The van der Waals surface area contributed by atoms with Gasteiger partial charge in [0.1, 0.15) is 0 Å². The van der Waals surface area contributed by atoms with Crippen molar-refractivity contribution in [1.82, 2.24) is 10.3 Å². The molecule has 3 nitrogen and oxygen atoms in total. The lowest BCUT2D eigenvalue weighted by atomic mass is 9.70. The van der Waals surface area contributed by atoms with Crippen LogP contribution in [-0.2, 0) is 0 Å². The predicted octanol–water partition coefficient (Wildman–Crippen LogP) is 2.97. The van der Waals surface area contributed by atoms with E-state index in [2.05, 4.69) is 16.4 Å². The molecule has 1 saturated carbocycles. The third-order valence-electron chi connectivity index (χ3n) is 4.80. The summed E-state index contributed by atoms with van der Waals surface area (Å²) in [4.78, 5) is 4.37. The molecule has 104 valence electrons. The van der Waals surface area contributed by atoms with Gasteiger partial charge in [-0.3, -0.25) is 0 Å². The molecule has 1 aliphatic heterocycles. The maximum atomic E-state index is 5.15. The molecule has 1 aliphatic carbocycles. The average molecular weight is 260 g/mol. The molecule has 1 aromatic rings. The zero-order valence-electron chi connectivity index (χ0n) is 11.8. The molecule has 2 atom stereocenters. The molecule has 2 aliphatic rings. The van der Waals surface area contributed by atoms with Crippen LogP contribution in [0, 0.1) is 11.8 Å². The summed E-state index contributed by atoms with van der Waals surface area (Å²) in [7, 11) is 1.67. The third-order valence-corrected chi connectivity index (χ3v) is 4.80. The predicted molar refractivity (Wildman–Crippen MR) is 76.5 cm³/mol. The molecule has 1 aromatic heterocycles. The summed E-state index contributed by atoms with van der Waals surface area (Å²) in [6, 6.07) is 4.21. The van der Waals surface area contributed by atoms with E-state index in [0.717, 1.165) is 17.7 Å². The van der Waals surface area contributed by atoms with Gasteiger partial charge in [0, 0.05) is 12.3 Å². The van der Waals surface area contributed by atoms with Gasteiger partial charge in [-0.05, 0) is 68.5 Å². The Morgan fingerprint density at radius 2 is 1.84 bits per heavy atom. The maximum Gasteiger partial charge on any atom is 0.212 e. The number of pyridine rings is 1. The lowest BCUT2D eigenvalue weighted by Crippen LogP contribution is -2.31. The van der Waals surface area contributed by atoms with E-state index in [1.807, 2.05) is 12.3 Å². The first-order valence-corrected chi connectivity index (χ1v) is 7.56. The number of hydrogen-bond acceptors (Lipinski definition) is 3. The summed E-state index contributed by atoms with van der Waals surface area (Å²) < 4.78 is 5.15. The van der Waals surface area contributed by atoms with Gasteiger partial charge >= 0.3 is 0 Å². The third kappa shape index (κ3) is 3.08. The summed E-state index contributed by atoms with van der Waals surface area (Å²) in [5.74, 6) is 3.23. The van der Waals surface area contributed by atoms with Crippen LogP contribution in [0.3, 0.4) is 0 Å². The minimum absolute atomic E-state index is 0.709. The SMILES string of the molecule is COc1ccc(C2CC3CCNCCC(C3)C2)cn1. The largest absolute Gasteiger partial charge is 0.481 e. The Labute approximate surface area is 115 Å². The fourth-order valence-corrected chi connectivity index (χ4v) is 3.80. The quantitative estimate of drug-likeness (QED) is 0.887. The van der Waals surface area contributed by atoms with Crippen LogP contribution in [0.2, 0.25) is 0 Å². The number of nitrogens with zero attached hydrogens (tertiary/aromatic N) is 1. The Morgan fingerprint density at radius 1 is 1.11 bits per heavy atom. The number of aromatic nitrogens is 1. The van der Waals surface area contributed by atoms with Crippen LogP contribution in [0.4, 0.5) is 0 Å². The van der Waals surface area contributed by atoms with Gasteiger partial charge in [0.15, 0.2) is 0 Å². The summed E-state index contributed by atoms with van der Waals surface area (Å²) in [6.45, 7) is 2.40. The van der Waals surface area contributed by atoms with Crippen molar-refractivity contribution in [2.45, 2.75) is 38.0 Å². The smallest absolute Gasteiger partial charge is 0.212 e. The molecule has 0 aromatic carbocycles. The molecule has 1 saturated heterocycles. The van der Waals surface area contributed by atoms with Crippen LogP contribution < -0.4 is 10.1 Å². The van der Waals surface area contributed by atoms with Gasteiger partial charge in [-0.25, -0.2) is 4.98 Å². The normalized spacial score (nSPS) is 31.3. The van der Waals surface area contributed by atoms with Crippen LogP contribution in [0.5, 0.6) is 5.88 Å². The number of methoxy groups -OCH3 is 1. The topological polar surface area (TPSA) is 34.1 Å². The van der Waals surface area contributed by atoms with Crippen LogP contribution >= 0.6 is 0 Å². The van der Waals surface area contributed by atoms with E-state index in [4.69, 9.17) is 4.74 Å². The van der Waals surface area contributed by atoms with Gasteiger partial charge in [-0.1, -0.05) is 6.07 Å². The Kier molecular flexibility index (Phi) is 4.02. The summed E-state index contributed by atoms with van der Waals surface area (Å²) in [5.41, 5.74) is 1.41. The summed E-state index contributed by atoms with van der Waals surface area (Å²) in [6.07, 6.45) is 8.83. The van der Waals surface area contributed by atoms with Gasteiger partial charge in [0.25, 0.3) is 0 Å². The Bertz CT molecular complexity index is 390. The van der Waals surface area contributed by atoms with Crippen molar-refractivity contribution in [3.8, 4) is 5.88 Å². The van der Waals surface area contributed by atoms with Crippen molar-refractivity contribution in [1.29, 1.82) is 0 Å². The van der Waals surface area contributed by atoms with E-state index < -0.39 is 0 Å². The highest BCUT2D eigenvalue weighted by Crippen LogP contribution is 2.42. The van der Waals surface area contributed by atoms with Crippen LogP contribution in [0.25, 0.3) is 0 Å². The Balaban J connectivity index is 1.72. The molecule has 2 fully saturated rings. The lowest BCUT2D eigenvalue weighted by Gasteiger charge is -2.37. The number of ether oxygens (including phenoxy) is 1. The molecule has 0 radical (unpaired) electrons. The molecule has 0 amide bonds. The van der Waals surface area contributed by atoms with Crippen molar-refractivity contribution in [3.63, 3.8) is 0 Å². The fraction of sp³-hybridized carbons (Fsp3) is 0.688. The first-order valence-electron chi connectivity index (χ1n) is 7.56. The second-order valence-electron chi connectivity index (χ2n) is 6.10. The van der Waals surface area contributed by atoms with Crippen molar-refractivity contribution in [3.05, 3.63) is 23.9 Å². The van der Waals surface area contributed by atoms with Gasteiger partial charge in [0.2, 0.25) is 5.88 Å². The van der Waals surface area contributed by atoms with Gasteiger partial charge in [0.05, 0.1) is 7.11 Å². The molecule has 19 heavy (non-hydrogen) atoms. The zero-order valence-corrected chi connectivity index (χ0v) is 11.8. The standard InChI is InChI=1S/C16H24N2O/c1-19-16-3-2-14(11-18-16)15-9-12-4-6-17-7-5-13(8-12)10-15/h2-3,11-13,15,17H,4-10H2,1H3. The summed E-state index contributed by atoms with van der Waals surface area (Å²) in [5, 5.41) is 3.56. The number of nitrogens with one attached hydrogen (secondary N) is 1. The monoisotopic (exact) mass is 260 g/mol. The van der Waals surface area contributed by atoms with Crippen molar-refractivity contribution < 1.29 is 4.74 Å². The van der Waals surface area contributed by atoms with Crippen LogP contribution in [-0.4, -0.2) is 25.2 Å². The molecule has 0 spiro atoms. The molecule has 3 rings (SSSR count). The van der Waals surface area contributed by atoms with Crippen LogP contribution in [0.15, 0.2) is 18.3 Å². The van der Waals surface area contributed by atoms with Gasteiger partial charge in [-0.15, -0.1) is 0 Å². The van der Waals surface area contributed by atoms with E-state index in [9.17, 15) is 0 Å². The minimum Gasteiger partial charge on any atom is -0.481 e. The molecule has 2 unspecified atom stereocenters. The molecular formula is C16H24N2O. The highest BCUT2D eigenvalue weighted by molar-refractivity contribution is 5.22. The van der Waals surface area contributed by atoms with Crippen molar-refractivity contribution in [2.75, 3.05) is 20.2 Å². The fourth-order valence-electron chi connectivity index (χ4n) is 3.80. The Hall–Kier alpha value is -1.09. The lowest BCUT2D eigenvalue weighted by molar-refractivity contribution is 0.202. The zero-order chi connectivity index (χ0) is 13.1. The van der Waals surface area contributed by atoms with Gasteiger partial charge in [-0.2, -0.15) is 0 Å². The highest BCUT2D eigenvalue weighted by Gasteiger charge is 2.30. The van der Waals surface area contributed by atoms with Gasteiger partial charge < -0.3 is 10.1 Å². The van der Waals surface area contributed by atoms with Crippen LogP contribution in [0.1, 0.15) is 43.6 Å². The number of fused-ring (bicyclic) bond motifs is 2. The van der Waals surface area contributed by atoms with E-state index >= 15 is 0 Å². The maximum absolute atomic E-state index is 5.15. The van der Waals surface area contributed by atoms with Crippen molar-refractivity contribution in [2.24, 2.45) is 11.8 Å². The summed E-state index contributed by atoms with van der Waals surface area (Å²) >= 11 is 0. The molecule has 1 N–H and O–H groups in total. The molecule has 2 heterocycles. The Morgan fingerprint density at radius 3 is 2.42 bits per heavy atom. The van der Waals surface area contributed by atoms with Crippen molar-refractivity contribution >= 4 is 0 Å². The second kappa shape index (κ2) is 5.91. The second-order valence-corrected chi connectivity index (χ2v) is 6.10. The first kappa shape index (κ1) is 12.9. The van der Waals surface area contributed by atoms with E-state index in [1.165, 1.54) is 50.8 Å². The van der Waals surface area contributed by atoms with E-state index in [-0.39, 0.29) is 0 Å². The van der Waals surface area contributed by atoms with E-state index in [0.29, 0.717) is 5.92 Å². The number of hydrogen-bond donors (Lipinski definition) is 1. The molecule has 3 heteroatoms. The van der Waals surface area contributed by atoms with E-state index in [1.54, 1.807) is 7.11 Å². The highest BCUT2D eigenvalue weighted by atomic mass is 16.5. The first-order chi connectivity index (χ1) is 9.35.